The van der Waals surface area contributed by atoms with E-state index in [1.807, 2.05) is 41.3 Å². The van der Waals surface area contributed by atoms with Gasteiger partial charge in [0.25, 0.3) is 0 Å². The second-order valence-electron chi connectivity index (χ2n) is 10.3. The Labute approximate surface area is 243 Å². The smallest absolute Gasteiger partial charge is 0.322 e. The number of hydrogen-bond donors (Lipinski definition) is 2. The van der Waals surface area contributed by atoms with Crippen LogP contribution >= 0.6 is 0 Å². The number of benzene rings is 3. The molecule has 220 valence electrons. The molecule has 0 atom stereocenters. The van der Waals surface area contributed by atoms with Gasteiger partial charge in [-0.15, -0.1) is 0 Å². The van der Waals surface area contributed by atoms with Crippen molar-refractivity contribution in [2.24, 2.45) is 0 Å². The molecule has 1 fully saturated rings. The summed E-state index contributed by atoms with van der Waals surface area (Å²) in [6, 6.07) is 22.5. The Morgan fingerprint density at radius 3 is 2.07 bits per heavy atom. The number of carbonyl (C=O) groups is 1. The fourth-order valence-corrected chi connectivity index (χ4v) is 5.34. The summed E-state index contributed by atoms with van der Waals surface area (Å²) in [5.74, 6) is 2.11. The average Bonchev–Trinajstić information content (AvgIpc) is 2.96. The van der Waals surface area contributed by atoms with E-state index in [9.17, 15) is 13.2 Å². The molecule has 0 spiro atoms. The van der Waals surface area contributed by atoms with Crippen molar-refractivity contribution in [3.63, 3.8) is 0 Å². The van der Waals surface area contributed by atoms with Gasteiger partial charge in [0.2, 0.25) is 10.0 Å². The zero-order chi connectivity index (χ0) is 29.2. The van der Waals surface area contributed by atoms with Crippen molar-refractivity contribution < 1.29 is 22.7 Å². The first-order valence-corrected chi connectivity index (χ1v) is 15.9. The lowest BCUT2D eigenvalue weighted by molar-refractivity contribution is 0.188. The molecule has 1 saturated heterocycles. The maximum Gasteiger partial charge on any atom is 0.322 e. The van der Waals surface area contributed by atoms with Crippen molar-refractivity contribution in [3.8, 4) is 17.2 Å². The van der Waals surface area contributed by atoms with E-state index in [4.69, 9.17) is 9.47 Å². The predicted molar refractivity (Wildman–Crippen MR) is 164 cm³/mol. The van der Waals surface area contributed by atoms with Crippen LogP contribution in [-0.2, 0) is 16.6 Å². The van der Waals surface area contributed by atoms with Crippen LogP contribution in [0.1, 0.15) is 38.2 Å². The molecule has 1 aliphatic heterocycles. The Kier molecular flexibility index (Phi) is 10.5. The van der Waals surface area contributed by atoms with E-state index < -0.39 is 10.0 Å². The summed E-state index contributed by atoms with van der Waals surface area (Å²) in [6.45, 7) is 5.46. The highest BCUT2D eigenvalue weighted by molar-refractivity contribution is 7.92. The van der Waals surface area contributed by atoms with Gasteiger partial charge in [0.1, 0.15) is 17.2 Å². The second kappa shape index (κ2) is 14.2. The molecule has 4 rings (SSSR count). The SMILES string of the molecule is CCCCN(C(=O)NC1CCN(Cc2ccc(Oc3ccc(NS(C)(=O)=O)cc3)cc2)CC1)c1ccc(OC)cc1. The number of amides is 2. The normalized spacial score (nSPS) is 14.3. The van der Waals surface area contributed by atoms with Crippen LogP contribution in [0.25, 0.3) is 0 Å². The van der Waals surface area contributed by atoms with Gasteiger partial charge in [0.05, 0.1) is 13.4 Å². The first-order chi connectivity index (χ1) is 19.7. The number of piperidine rings is 1. The third-order valence-corrected chi connectivity index (χ3v) is 7.61. The molecular formula is C31H40N4O5S. The van der Waals surface area contributed by atoms with E-state index in [-0.39, 0.29) is 12.1 Å². The minimum Gasteiger partial charge on any atom is -0.497 e. The van der Waals surface area contributed by atoms with Crippen molar-refractivity contribution in [1.82, 2.24) is 10.2 Å². The molecule has 3 aromatic rings. The van der Waals surface area contributed by atoms with Crippen LogP contribution in [0.2, 0.25) is 0 Å². The van der Waals surface area contributed by atoms with E-state index in [0.29, 0.717) is 23.7 Å². The van der Waals surface area contributed by atoms with Gasteiger partial charge in [-0.2, -0.15) is 0 Å². The zero-order valence-electron chi connectivity index (χ0n) is 24.0. The quantitative estimate of drug-likeness (QED) is 0.279. The molecule has 1 aliphatic rings. The Morgan fingerprint density at radius 1 is 0.927 bits per heavy atom. The number of ether oxygens (including phenoxy) is 2. The van der Waals surface area contributed by atoms with Crippen LogP contribution in [0, 0.1) is 0 Å². The number of likely N-dealkylation sites (tertiary alicyclic amines) is 1. The third kappa shape index (κ3) is 9.40. The number of sulfonamides is 1. The molecule has 0 aromatic heterocycles. The number of carbonyl (C=O) groups excluding carboxylic acids is 1. The second-order valence-corrected chi connectivity index (χ2v) is 12.1. The largest absolute Gasteiger partial charge is 0.497 e. The molecule has 0 radical (unpaired) electrons. The van der Waals surface area contributed by atoms with E-state index in [0.717, 1.165) is 63.0 Å². The Balaban J connectivity index is 1.24. The molecule has 0 aliphatic carbocycles. The van der Waals surface area contributed by atoms with Crippen LogP contribution in [0.3, 0.4) is 0 Å². The Hall–Kier alpha value is -3.76. The van der Waals surface area contributed by atoms with E-state index in [2.05, 4.69) is 34.0 Å². The molecule has 1 heterocycles. The first kappa shape index (κ1) is 30.2. The highest BCUT2D eigenvalue weighted by atomic mass is 32.2. The van der Waals surface area contributed by atoms with Gasteiger partial charge in [-0.3, -0.25) is 14.5 Å². The summed E-state index contributed by atoms with van der Waals surface area (Å²) in [6.07, 6.45) is 4.88. The van der Waals surface area contributed by atoms with Crippen LogP contribution in [0.4, 0.5) is 16.2 Å². The topological polar surface area (TPSA) is 100 Å². The highest BCUT2D eigenvalue weighted by Crippen LogP contribution is 2.25. The van der Waals surface area contributed by atoms with Gasteiger partial charge in [-0.1, -0.05) is 25.5 Å². The highest BCUT2D eigenvalue weighted by Gasteiger charge is 2.24. The third-order valence-electron chi connectivity index (χ3n) is 7.00. The predicted octanol–water partition coefficient (Wildman–Crippen LogP) is 5.84. The molecule has 10 heteroatoms. The number of nitrogens with zero attached hydrogens (tertiary/aromatic N) is 2. The molecule has 2 amide bonds. The number of methoxy groups -OCH3 is 1. The van der Waals surface area contributed by atoms with Gasteiger partial charge >= 0.3 is 6.03 Å². The van der Waals surface area contributed by atoms with Crippen molar-refractivity contribution in [2.45, 2.75) is 45.2 Å². The minimum absolute atomic E-state index is 0.0426. The minimum atomic E-state index is -3.31. The summed E-state index contributed by atoms with van der Waals surface area (Å²) in [5.41, 5.74) is 2.56. The molecule has 0 saturated carbocycles. The zero-order valence-corrected chi connectivity index (χ0v) is 24.8. The fourth-order valence-electron chi connectivity index (χ4n) is 4.78. The fraction of sp³-hybridized carbons (Fsp3) is 0.387. The lowest BCUT2D eigenvalue weighted by atomic mass is 10.0. The monoisotopic (exact) mass is 580 g/mol. The number of urea groups is 1. The van der Waals surface area contributed by atoms with Gasteiger partial charge in [-0.25, -0.2) is 13.2 Å². The van der Waals surface area contributed by atoms with Crippen LogP contribution in [-0.4, -0.2) is 58.4 Å². The number of nitrogens with one attached hydrogen (secondary N) is 2. The van der Waals surface area contributed by atoms with Crippen molar-refractivity contribution in [2.75, 3.05) is 42.6 Å². The summed E-state index contributed by atoms with van der Waals surface area (Å²) < 4.78 is 36.3. The summed E-state index contributed by atoms with van der Waals surface area (Å²) >= 11 is 0. The van der Waals surface area contributed by atoms with Crippen LogP contribution in [0.15, 0.2) is 72.8 Å². The van der Waals surface area contributed by atoms with Crippen LogP contribution < -0.4 is 24.4 Å². The number of unbranched alkanes of at least 4 members (excludes halogenated alkanes) is 1. The number of anilines is 2. The van der Waals surface area contributed by atoms with Crippen LogP contribution in [0.5, 0.6) is 17.2 Å². The van der Waals surface area contributed by atoms with Gasteiger partial charge in [0, 0.05) is 43.6 Å². The van der Waals surface area contributed by atoms with Gasteiger partial charge in [-0.05, 0) is 85.5 Å². The Bertz CT molecular complexity index is 1360. The first-order valence-electron chi connectivity index (χ1n) is 14.0. The Morgan fingerprint density at radius 2 is 1.51 bits per heavy atom. The molecule has 2 N–H and O–H groups in total. The maximum atomic E-state index is 13.2. The standard InChI is InChI=1S/C31H40N4O5S/c1-4-5-20-35(27-10-16-28(39-2)17-11-27)31(36)32-25-18-21-34(22-19-25)23-24-6-12-29(13-7-24)40-30-14-8-26(9-15-30)33-41(3,37)38/h6-17,25,33H,4-5,18-23H2,1-3H3,(H,32,36). The maximum absolute atomic E-state index is 13.2. The van der Waals surface area contributed by atoms with E-state index in [1.165, 1.54) is 5.56 Å². The molecule has 9 nitrogen and oxygen atoms in total. The van der Waals surface area contributed by atoms with Crippen molar-refractivity contribution >= 4 is 27.4 Å². The van der Waals surface area contributed by atoms with E-state index >= 15 is 0 Å². The summed E-state index contributed by atoms with van der Waals surface area (Å²) in [5, 5.41) is 3.26. The molecule has 3 aromatic carbocycles. The average molecular weight is 581 g/mol. The van der Waals surface area contributed by atoms with Crippen molar-refractivity contribution in [3.05, 3.63) is 78.4 Å². The number of hydrogen-bond acceptors (Lipinski definition) is 6. The van der Waals surface area contributed by atoms with E-state index in [1.54, 1.807) is 31.4 Å². The molecule has 0 unspecified atom stereocenters. The van der Waals surface area contributed by atoms with Gasteiger partial charge in [0.15, 0.2) is 0 Å². The van der Waals surface area contributed by atoms with Crippen molar-refractivity contribution in [1.29, 1.82) is 0 Å². The molecule has 41 heavy (non-hydrogen) atoms. The van der Waals surface area contributed by atoms with Gasteiger partial charge < -0.3 is 14.8 Å². The summed E-state index contributed by atoms with van der Waals surface area (Å²) in [7, 11) is -1.67. The summed E-state index contributed by atoms with van der Waals surface area (Å²) in [4.78, 5) is 17.5. The lowest BCUT2D eigenvalue weighted by Crippen LogP contribution is -2.49. The molecule has 0 bridgehead atoms. The lowest BCUT2D eigenvalue weighted by Gasteiger charge is -2.34. The number of rotatable bonds is 12. The molecular weight excluding hydrogens is 540 g/mol.